The second-order valence-electron chi connectivity index (χ2n) is 6.35. The Kier molecular flexibility index (Phi) is 4.42. The number of nitrogens with zero attached hydrogens (tertiary/aromatic N) is 2. The van der Waals surface area contributed by atoms with E-state index in [4.69, 9.17) is 11.6 Å². The third kappa shape index (κ3) is 3.09. The van der Waals surface area contributed by atoms with Crippen LogP contribution in [-0.2, 0) is 12.8 Å². The molecule has 1 aliphatic carbocycles. The van der Waals surface area contributed by atoms with Gasteiger partial charge in [-0.25, -0.2) is 4.98 Å². The molecular formula is C18H13ClN4O3S. The molecule has 0 aromatic carbocycles. The van der Waals surface area contributed by atoms with Gasteiger partial charge in [-0.1, -0.05) is 11.6 Å². The van der Waals surface area contributed by atoms with Gasteiger partial charge in [0.1, 0.15) is 15.8 Å². The Morgan fingerprint density at radius 3 is 2.78 bits per heavy atom. The fourth-order valence-corrected chi connectivity index (χ4v) is 4.86. The molecule has 3 heterocycles. The van der Waals surface area contributed by atoms with Crippen molar-refractivity contribution in [2.24, 2.45) is 0 Å². The average Bonchev–Trinajstić information content (AvgIpc) is 3.00. The number of aromatic amines is 2. The van der Waals surface area contributed by atoms with Gasteiger partial charge < -0.3 is 9.97 Å². The number of pyridine rings is 1. The monoisotopic (exact) mass is 400 g/mol. The summed E-state index contributed by atoms with van der Waals surface area (Å²) in [6, 6.07) is 4.22. The first-order valence-electron chi connectivity index (χ1n) is 8.36. The maximum Gasteiger partial charge on any atom is 0.259 e. The minimum atomic E-state index is -1.33. The zero-order valence-corrected chi connectivity index (χ0v) is 15.5. The van der Waals surface area contributed by atoms with Crippen LogP contribution in [0.15, 0.2) is 21.7 Å². The number of carbonyl (C=O) groups excluding carboxylic acids is 1. The fraction of sp³-hybridized carbons (Fsp3) is 0.278. The van der Waals surface area contributed by atoms with Gasteiger partial charge >= 0.3 is 0 Å². The van der Waals surface area contributed by atoms with Crippen molar-refractivity contribution >= 4 is 38.9 Å². The van der Waals surface area contributed by atoms with Crippen LogP contribution in [0, 0.1) is 11.3 Å². The summed E-state index contributed by atoms with van der Waals surface area (Å²) >= 11 is 7.23. The maximum absolute atomic E-state index is 12.7. The van der Waals surface area contributed by atoms with E-state index in [2.05, 4.69) is 15.0 Å². The number of aromatic nitrogens is 3. The predicted octanol–water partition coefficient (Wildman–Crippen LogP) is 2.70. The van der Waals surface area contributed by atoms with E-state index in [0.717, 1.165) is 42.2 Å². The molecule has 0 aliphatic heterocycles. The Labute approximate surface area is 161 Å². The normalized spacial score (nSPS) is 14.5. The number of H-pyrrole nitrogens is 2. The number of rotatable bonds is 3. The van der Waals surface area contributed by atoms with Crippen LogP contribution in [0.1, 0.15) is 45.4 Å². The molecular weight excluding hydrogens is 388 g/mol. The molecule has 0 fully saturated rings. The molecule has 1 unspecified atom stereocenters. The fourth-order valence-electron chi connectivity index (χ4n) is 3.38. The van der Waals surface area contributed by atoms with E-state index in [0.29, 0.717) is 10.2 Å². The van der Waals surface area contributed by atoms with Gasteiger partial charge in [-0.2, -0.15) is 5.26 Å². The maximum atomic E-state index is 12.7. The standard InChI is InChI=1S/C18H13ClN4O3S/c19-12-5-8(6-13(24)21-12)15(25)10(7-20)16-22-17(26)14-9-3-1-2-4-11(9)27-18(14)23-16/h5-6,10H,1-4H2,(H,21,24)(H,22,23,26). The van der Waals surface area contributed by atoms with Crippen LogP contribution in [0.5, 0.6) is 0 Å². The lowest BCUT2D eigenvalue weighted by Crippen LogP contribution is -2.21. The summed E-state index contributed by atoms with van der Waals surface area (Å²) < 4.78 is 0. The minimum Gasteiger partial charge on any atom is -0.313 e. The molecule has 0 spiro atoms. The molecule has 0 amide bonds. The summed E-state index contributed by atoms with van der Waals surface area (Å²) in [5, 5.41) is 10.1. The summed E-state index contributed by atoms with van der Waals surface area (Å²) in [4.78, 5) is 47.9. The van der Waals surface area contributed by atoms with Crippen LogP contribution in [-0.4, -0.2) is 20.7 Å². The van der Waals surface area contributed by atoms with Gasteiger partial charge in [0.25, 0.3) is 5.56 Å². The second-order valence-corrected chi connectivity index (χ2v) is 7.84. The Bertz CT molecular complexity index is 1230. The zero-order valence-electron chi connectivity index (χ0n) is 14.0. The van der Waals surface area contributed by atoms with Gasteiger partial charge in [0.05, 0.1) is 11.5 Å². The van der Waals surface area contributed by atoms with E-state index in [9.17, 15) is 19.6 Å². The molecule has 1 atom stereocenters. The first-order chi connectivity index (χ1) is 13.0. The summed E-state index contributed by atoms with van der Waals surface area (Å²) in [6.07, 6.45) is 3.86. The Balaban J connectivity index is 1.82. The van der Waals surface area contributed by atoms with Gasteiger partial charge in [0, 0.05) is 16.5 Å². The first kappa shape index (κ1) is 17.6. The van der Waals surface area contributed by atoms with Crippen LogP contribution in [0.4, 0.5) is 0 Å². The predicted molar refractivity (Wildman–Crippen MR) is 102 cm³/mol. The molecule has 0 bridgehead atoms. The number of aryl methyl sites for hydroxylation is 2. The lowest BCUT2D eigenvalue weighted by molar-refractivity contribution is 0.0976. The van der Waals surface area contributed by atoms with Gasteiger partial charge in [0.15, 0.2) is 11.7 Å². The third-order valence-electron chi connectivity index (χ3n) is 4.60. The van der Waals surface area contributed by atoms with Crippen molar-refractivity contribution in [3.05, 3.63) is 59.8 Å². The second kappa shape index (κ2) is 6.76. The molecule has 9 heteroatoms. The molecule has 27 heavy (non-hydrogen) atoms. The Hall–Kier alpha value is -2.76. The summed E-state index contributed by atoms with van der Waals surface area (Å²) in [7, 11) is 0. The van der Waals surface area contributed by atoms with Crippen LogP contribution in [0.25, 0.3) is 10.2 Å². The number of fused-ring (bicyclic) bond motifs is 3. The van der Waals surface area contributed by atoms with Gasteiger partial charge in [-0.3, -0.25) is 14.4 Å². The highest BCUT2D eigenvalue weighted by molar-refractivity contribution is 7.18. The molecule has 2 N–H and O–H groups in total. The molecule has 3 aromatic rings. The van der Waals surface area contributed by atoms with Gasteiger partial charge in [0.2, 0.25) is 5.56 Å². The molecule has 0 radical (unpaired) electrons. The van der Waals surface area contributed by atoms with Crippen LogP contribution in [0.2, 0.25) is 5.15 Å². The highest BCUT2D eigenvalue weighted by Crippen LogP contribution is 2.34. The average molecular weight is 401 g/mol. The third-order valence-corrected chi connectivity index (χ3v) is 5.99. The van der Waals surface area contributed by atoms with Crippen molar-refractivity contribution in [2.45, 2.75) is 31.6 Å². The number of ketones is 1. The lowest BCUT2D eigenvalue weighted by atomic mass is 9.97. The summed E-state index contributed by atoms with van der Waals surface area (Å²) in [5.74, 6) is -2.00. The number of thiophene rings is 1. The zero-order chi connectivity index (χ0) is 19.1. The summed E-state index contributed by atoms with van der Waals surface area (Å²) in [6.45, 7) is 0. The van der Waals surface area contributed by atoms with Crippen molar-refractivity contribution < 1.29 is 4.79 Å². The SMILES string of the molecule is N#CC(C(=O)c1cc(Cl)[nH]c(=O)c1)c1nc2sc3c(c2c(=O)[nH]1)CCCC3. The molecule has 7 nitrogen and oxygen atoms in total. The molecule has 3 aromatic heterocycles. The molecule has 4 rings (SSSR count). The highest BCUT2D eigenvalue weighted by Gasteiger charge is 2.27. The molecule has 1 aliphatic rings. The number of carbonyl (C=O) groups is 1. The van der Waals surface area contributed by atoms with Gasteiger partial charge in [-0.15, -0.1) is 11.3 Å². The molecule has 136 valence electrons. The van der Waals surface area contributed by atoms with Crippen LogP contribution < -0.4 is 11.1 Å². The van der Waals surface area contributed by atoms with E-state index in [1.165, 1.54) is 17.4 Å². The first-order valence-corrected chi connectivity index (χ1v) is 9.55. The number of halogens is 1. The van der Waals surface area contributed by atoms with Crippen molar-refractivity contribution in [1.82, 2.24) is 15.0 Å². The number of nitrogens with one attached hydrogen (secondary N) is 2. The van der Waals surface area contributed by atoms with Crippen LogP contribution >= 0.6 is 22.9 Å². The van der Waals surface area contributed by atoms with Crippen molar-refractivity contribution in [3.63, 3.8) is 0 Å². The largest absolute Gasteiger partial charge is 0.313 e. The molecule has 0 saturated heterocycles. The van der Waals surface area contributed by atoms with E-state index in [-0.39, 0.29) is 22.1 Å². The Morgan fingerprint density at radius 1 is 1.26 bits per heavy atom. The number of nitriles is 1. The quantitative estimate of drug-likeness (QED) is 0.517. The van der Waals surface area contributed by atoms with Crippen molar-refractivity contribution in [3.8, 4) is 6.07 Å². The van der Waals surface area contributed by atoms with E-state index in [1.807, 2.05) is 6.07 Å². The number of hydrogen-bond donors (Lipinski definition) is 2. The Morgan fingerprint density at radius 2 is 2.04 bits per heavy atom. The lowest BCUT2D eigenvalue weighted by Gasteiger charge is -2.10. The van der Waals surface area contributed by atoms with E-state index in [1.54, 1.807) is 0 Å². The van der Waals surface area contributed by atoms with E-state index >= 15 is 0 Å². The number of hydrogen-bond acceptors (Lipinski definition) is 6. The topological polar surface area (TPSA) is 119 Å². The number of Topliss-reactive ketones (excluding diaryl/α,β-unsaturated/α-hetero) is 1. The van der Waals surface area contributed by atoms with Crippen LogP contribution in [0.3, 0.4) is 0 Å². The van der Waals surface area contributed by atoms with Gasteiger partial charge in [-0.05, 0) is 37.3 Å². The minimum absolute atomic E-state index is 0.00891. The molecule has 0 saturated carbocycles. The highest BCUT2D eigenvalue weighted by atomic mass is 35.5. The van der Waals surface area contributed by atoms with E-state index < -0.39 is 17.3 Å². The summed E-state index contributed by atoms with van der Waals surface area (Å²) in [5.41, 5.74) is 0.128. The van der Waals surface area contributed by atoms with Crippen molar-refractivity contribution in [2.75, 3.05) is 0 Å². The van der Waals surface area contributed by atoms with Crippen molar-refractivity contribution in [1.29, 1.82) is 5.26 Å². The smallest absolute Gasteiger partial charge is 0.259 e.